The maximum absolute atomic E-state index is 11.7. The summed E-state index contributed by atoms with van der Waals surface area (Å²) in [7, 11) is 0. The van der Waals surface area contributed by atoms with Crippen LogP contribution in [0.1, 0.15) is 36.2 Å². The molecule has 0 heterocycles. The Kier molecular flexibility index (Phi) is 4.35. The third-order valence-corrected chi connectivity index (χ3v) is 2.77. The Morgan fingerprint density at radius 2 is 2.19 bits per heavy atom. The van der Waals surface area contributed by atoms with E-state index in [0.29, 0.717) is 18.0 Å². The van der Waals surface area contributed by atoms with E-state index in [1.807, 2.05) is 0 Å². The second kappa shape index (κ2) is 5.54. The van der Waals surface area contributed by atoms with Gasteiger partial charge in [0.05, 0.1) is 0 Å². The average molecular weight is 221 g/mol. The maximum Gasteiger partial charge on any atom is 0.251 e. The molecule has 0 saturated carbocycles. The SMILES string of the molecule is CCC(C)CNC(=O)c1ccc(O)c(C)c1. The maximum atomic E-state index is 11.7. The van der Waals surface area contributed by atoms with Crippen molar-refractivity contribution in [3.63, 3.8) is 0 Å². The summed E-state index contributed by atoms with van der Waals surface area (Å²) in [6, 6.07) is 4.88. The zero-order chi connectivity index (χ0) is 12.1. The van der Waals surface area contributed by atoms with Gasteiger partial charge in [-0.2, -0.15) is 0 Å². The zero-order valence-electron chi connectivity index (χ0n) is 10.1. The summed E-state index contributed by atoms with van der Waals surface area (Å²) in [4.78, 5) is 11.7. The summed E-state index contributed by atoms with van der Waals surface area (Å²) in [5.74, 6) is 0.629. The van der Waals surface area contributed by atoms with Gasteiger partial charge in [-0.05, 0) is 36.6 Å². The molecule has 1 amide bonds. The molecule has 0 aliphatic heterocycles. The van der Waals surface area contributed by atoms with Crippen LogP contribution in [0.15, 0.2) is 18.2 Å². The van der Waals surface area contributed by atoms with Crippen molar-refractivity contribution >= 4 is 5.91 Å². The molecule has 1 rings (SSSR count). The van der Waals surface area contributed by atoms with E-state index in [0.717, 1.165) is 12.0 Å². The van der Waals surface area contributed by atoms with Crippen molar-refractivity contribution in [2.45, 2.75) is 27.2 Å². The number of phenolic OH excluding ortho intramolecular Hbond substituents is 1. The first-order valence-corrected chi connectivity index (χ1v) is 5.62. The number of benzene rings is 1. The van der Waals surface area contributed by atoms with Gasteiger partial charge in [0, 0.05) is 12.1 Å². The van der Waals surface area contributed by atoms with Crippen LogP contribution in [-0.4, -0.2) is 17.6 Å². The Bertz CT molecular complexity index is 374. The third-order valence-electron chi connectivity index (χ3n) is 2.77. The van der Waals surface area contributed by atoms with Crippen molar-refractivity contribution in [2.24, 2.45) is 5.92 Å². The van der Waals surface area contributed by atoms with Crippen LogP contribution in [0.3, 0.4) is 0 Å². The topological polar surface area (TPSA) is 49.3 Å². The molecule has 2 N–H and O–H groups in total. The van der Waals surface area contributed by atoms with Crippen molar-refractivity contribution in [3.05, 3.63) is 29.3 Å². The molecule has 3 heteroatoms. The second-order valence-corrected chi connectivity index (χ2v) is 4.22. The summed E-state index contributed by atoms with van der Waals surface area (Å²) in [5.41, 5.74) is 1.31. The minimum absolute atomic E-state index is 0.0802. The van der Waals surface area contributed by atoms with E-state index in [1.165, 1.54) is 0 Å². The molecule has 1 atom stereocenters. The van der Waals surface area contributed by atoms with Gasteiger partial charge >= 0.3 is 0 Å². The number of aromatic hydroxyl groups is 1. The molecule has 0 aliphatic carbocycles. The predicted molar refractivity (Wildman–Crippen MR) is 64.6 cm³/mol. The number of hydrogen-bond donors (Lipinski definition) is 2. The highest BCUT2D eigenvalue weighted by atomic mass is 16.3. The zero-order valence-corrected chi connectivity index (χ0v) is 10.1. The Balaban J connectivity index is 2.63. The van der Waals surface area contributed by atoms with Crippen molar-refractivity contribution in [1.29, 1.82) is 0 Å². The Hall–Kier alpha value is -1.51. The van der Waals surface area contributed by atoms with Crippen LogP contribution in [-0.2, 0) is 0 Å². The first-order valence-electron chi connectivity index (χ1n) is 5.62. The number of nitrogens with one attached hydrogen (secondary N) is 1. The average Bonchev–Trinajstić information content (AvgIpc) is 2.29. The third kappa shape index (κ3) is 3.26. The fourth-order valence-electron chi connectivity index (χ4n) is 1.31. The number of phenols is 1. The van der Waals surface area contributed by atoms with Gasteiger partial charge in [-0.1, -0.05) is 20.3 Å². The van der Waals surface area contributed by atoms with E-state index in [4.69, 9.17) is 0 Å². The Morgan fingerprint density at radius 3 is 2.75 bits per heavy atom. The first kappa shape index (κ1) is 12.6. The molecule has 0 radical (unpaired) electrons. The van der Waals surface area contributed by atoms with Crippen LogP contribution in [0.25, 0.3) is 0 Å². The predicted octanol–water partition coefficient (Wildman–Crippen LogP) is 2.48. The lowest BCUT2D eigenvalue weighted by Gasteiger charge is -2.10. The van der Waals surface area contributed by atoms with Gasteiger partial charge in [-0.15, -0.1) is 0 Å². The van der Waals surface area contributed by atoms with E-state index >= 15 is 0 Å². The molecule has 16 heavy (non-hydrogen) atoms. The molecule has 1 aromatic rings. The number of amides is 1. The van der Waals surface area contributed by atoms with E-state index < -0.39 is 0 Å². The molecule has 1 aromatic carbocycles. The Labute approximate surface area is 96.5 Å². The summed E-state index contributed by atoms with van der Waals surface area (Å²) < 4.78 is 0. The van der Waals surface area contributed by atoms with E-state index in [1.54, 1.807) is 25.1 Å². The van der Waals surface area contributed by atoms with Gasteiger partial charge < -0.3 is 10.4 Å². The lowest BCUT2D eigenvalue weighted by molar-refractivity contribution is 0.0947. The van der Waals surface area contributed by atoms with Crippen molar-refractivity contribution in [3.8, 4) is 5.75 Å². The molecular weight excluding hydrogens is 202 g/mol. The Morgan fingerprint density at radius 1 is 1.50 bits per heavy atom. The highest BCUT2D eigenvalue weighted by Gasteiger charge is 2.08. The minimum Gasteiger partial charge on any atom is -0.508 e. The monoisotopic (exact) mass is 221 g/mol. The summed E-state index contributed by atoms with van der Waals surface area (Å²) in [6.45, 7) is 6.67. The van der Waals surface area contributed by atoms with Crippen LogP contribution in [0.2, 0.25) is 0 Å². The van der Waals surface area contributed by atoms with Crippen molar-refractivity contribution in [1.82, 2.24) is 5.32 Å². The van der Waals surface area contributed by atoms with E-state index in [9.17, 15) is 9.90 Å². The summed E-state index contributed by atoms with van der Waals surface area (Å²) in [5, 5.41) is 12.2. The van der Waals surface area contributed by atoms with Gasteiger partial charge in [0.25, 0.3) is 5.91 Å². The van der Waals surface area contributed by atoms with Crippen molar-refractivity contribution in [2.75, 3.05) is 6.54 Å². The highest BCUT2D eigenvalue weighted by Crippen LogP contribution is 2.16. The molecule has 0 spiro atoms. The highest BCUT2D eigenvalue weighted by molar-refractivity contribution is 5.94. The van der Waals surface area contributed by atoms with Crippen LogP contribution in [0.5, 0.6) is 5.75 Å². The molecule has 0 bridgehead atoms. The van der Waals surface area contributed by atoms with Crippen LogP contribution in [0.4, 0.5) is 0 Å². The lowest BCUT2D eigenvalue weighted by atomic mass is 10.1. The molecular formula is C13H19NO2. The quantitative estimate of drug-likeness (QED) is 0.820. The summed E-state index contributed by atoms with van der Waals surface area (Å²) in [6.07, 6.45) is 1.05. The molecule has 0 aromatic heterocycles. The van der Waals surface area contributed by atoms with Crippen molar-refractivity contribution < 1.29 is 9.90 Å². The van der Waals surface area contributed by atoms with E-state index in [-0.39, 0.29) is 11.7 Å². The fraction of sp³-hybridized carbons (Fsp3) is 0.462. The van der Waals surface area contributed by atoms with Gasteiger partial charge in [-0.25, -0.2) is 0 Å². The standard InChI is InChI=1S/C13H19NO2/c1-4-9(2)8-14-13(16)11-5-6-12(15)10(3)7-11/h5-7,9,15H,4,8H2,1-3H3,(H,14,16). The smallest absolute Gasteiger partial charge is 0.251 e. The molecule has 88 valence electrons. The molecule has 0 saturated heterocycles. The number of aryl methyl sites for hydroxylation is 1. The fourth-order valence-corrected chi connectivity index (χ4v) is 1.31. The number of carbonyl (C=O) groups is 1. The second-order valence-electron chi connectivity index (χ2n) is 4.22. The normalized spacial score (nSPS) is 12.2. The van der Waals surface area contributed by atoms with Gasteiger partial charge in [0.15, 0.2) is 0 Å². The van der Waals surface area contributed by atoms with Gasteiger partial charge in [-0.3, -0.25) is 4.79 Å². The molecule has 3 nitrogen and oxygen atoms in total. The molecule has 1 unspecified atom stereocenters. The number of hydrogen-bond acceptors (Lipinski definition) is 2. The largest absolute Gasteiger partial charge is 0.508 e. The molecule has 0 fully saturated rings. The van der Waals surface area contributed by atoms with Crippen LogP contribution in [0, 0.1) is 12.8 Å². The number of carbonyl (C=O) groups excluding carboxylic acids is 1. The van der Waals surface area contributed by atoms with Gasteiger partial charge in [0.1, 0.15) is 5.75 Å². The minimum atomic E-state index is -0.0802. The first-order chi connectivity index (χ1) is 7.54. The lowest BCUT2D eigenvalue weighted by Crippen LogP contribution is -2.28. The van der Waals surface area contributed by atoms with Gasteiger partial charge in [0.2, 0.25) is 0 Å². The van der Waals surface area contributed by atoms with E-state index in [2.05, 4.69) is 19.2 Å². The van der Waals surface area contributed by atoms with Crippen LogP contribution < -0.4 is 5.32 Å². The molecule has 0 aliphatic rings. The summed E-state index contributed by atoms with van der Waals surface area (Å²) >= 11 is 0. The number of rotatable bonds is 4. The van der Waals surface area contributed by atoms with Crippen LogP contribution >= 0.6 is 0 Å².